The summed E-state index contributed by atoms with van der Waals surface area (Å²) >= 11 is 4.72. The average molecular weight is 381 g/mol. The molecule has 0 spiro atoms. The fraction of sp³-hybridized carbons (Fsp3) is 0.692. The van der Waals surface area contributed by atoms with Gasteiger partial charge < -0.3 is 5.32 Å². The number of sulfonamides is 1. The minimum absolute atomic E-state index is 0.0416. The van der Waals surface area contributed by atoms with Gasteiger partial charge in [0.1, 0.15) is 4.21 Å². The van der Waals surface area contributed by atoms with Crippen molar-refractivity contribution in [2.24, 2.45) is 0 Å². The molecule has 0 radical (unpaired) electrons. The highest BCUT2D eigenvalue weighted by Gasteiger charge is 2.36. The SMILES string of the molecule is CNC(C)C1CCCCN1S(=O)(=O)c1cc(C)c(Br)s1. The molecule has 0 aromatic carbocycles. The number of hydrogen-bond donors (Lipinski definition) is 1. The lowest BCUT2D eigenvalue weighted by atomic mass is 9.99. The van der Waals surface area contributed by atoms with Crippen molar-refractivity contribution < 1.29 is 8.42 Å². The van der Waals surface area contributed by atoms with Gasteiger partial charge in [0.15, 0.2) is 0 Å². The number of aryl methyl sites for hydroxylation is 1. The van der Waals surface area contributed by atoms with E-state index in [2.05, 4.69) is 21.2 Å². The van der Waals surface area contributed by atoms with E-state index in [0.29, 0.717) is 10.8 Å². The number of rotatable bonds is 4. The molecular weight excluding hydrogens is 360 g/mol. The number of piperidine rings is 1. The summed E-state index contributed by atoms with van der Waals surface area (Å²) in [6.07, 6.45) is 2.96. The third-order valence-corrected chi connectivity index (χ3v) is 8.44. The molecule has 1 aromatic heterocycles. The smallest absolute Gasteiger partial charge is 0.252 e. The van der Waals surface area contributed by atoms with Crippen LogP contribution in [0, 0.1) is 6.92 Å². The van der Waals surface area contributed by atoms with Crippen molar-refractivity contribution in [3.63, 3.8) is 0 Å². The van der Waals surface area contributed by atoms with Crippen LogP contribution in [-0.2, 0) is 10.0 Å². The Hall–Kier alpha value is 0.0500. The van der Waals surface area contributed by atoms with Crippen LogP contribution in [0.1, 0.15) is 31.7 Å². The minimum atomic E-state index is -3.39. The third kappa shape index (κ3) is 3.11. The normalized spacial score (nSPS) is 22.9. The standard InChI is InChI=1S/C13H21BrN2O2S2/c1-9-8-12(19-13(9)14)20(17,18)16-7-5-4-6-11(16)10(2)15-3/h8,10-11,15H,4-7H2,1-3H3. The van der Waals surface area contributed by atoms with E-state index in [1.54, 1.807) is 10.4 Å². The van der Waals surface area contributed by atoms with Crippen molar-refractivity contribution in [3.05, 3.63) is 15.4 Å². The predicted octanol–water partition coefficient (Wildman–Crippen LogP) is 2.97. The Labute approximate surface area is 133 Å². The van der Waals surface area contributed by atoms with Crippen LogP contribution in [-0.4, -0.2) is 38.4 Å². The summed E-state index contributed by atoms with van der Waals surface area (Å²) in [4.78, 5) is 0. The van der Waals surface area contributed by atoms with Gasteiger partial charge in [-0.3, -0.25) is 0 Å². The van der Waals surface area contributed by atoms with Crippen LogP contribution in [0.3, 0.4) is 0 Å². The largest absolute Gasteiger partial charge is 0.316 e. The summed E-state index contributed by atoms with van der Waals surface area (Å²) in [6, 6.07) is 1.97. The van der Waals surface area contributed by atoms with Crippen LogP contribution in [0.5, 0.6) is 0 Å². The first-order valence-electron chi connectivity index (χ1n) is 6.83. The van der Waals surface area contributed by atoms with Crippen LogP contribution in [0.2, 0.25) is 0 Å². The van der Waals surface area contributed by atoms with E-state index in [1.807, 2.05) is 20.9 Å². The van der Waals surface area contributed by atoms with Gasteiger partial charge in [-0.2, -0.15) is 4.31 Å². The van der Waals surface area contributed by atoms with Gasteiger partial charge >= 0.3 is 0 Å². The number of nitrogens with zero attached hydrogens (tertiary/aromatic N) is 1. The summed E-state index contributed by atoms with van der Waals surface area (Å²) in [5.74, 6) is 0. The minimum Gasteiger partial charge on any atom is -0.316 e. The molecule has 0 amide bonds. The van der Waals surface area contributed by atoms with E-state index in [0.717, 1.165) is 28.6 Å². The highest BCUT2D eigenvalue weighted by molar-refractivity contribution is 9.11. The molecule has 2 heterocycles. The van der Waals surface area contributed by atoms with E-state index in [9.17, 15) is 8.42 Å². The molecule has 1 aromatic rings. The van der Waals surface area contributed by atoms with Crippen LogP contribution >= 0.6 is 27.3 Å². The third-order valence-electron chi connectivity index (χ3n) is 3.93. The summed E-state index contributed by atoms with van der Waals surface area (Å²) in [5.41, 5.74) is 0.976. The van der Waals surface area contributed by atoms with E-state index in [4.69, 9.17) is 0 Å². The van der Waals surface area contributed by atoms with Crippen LogP contribution in [0.25, 0.3) is 0 Å². The molecule has 7 heteroatoms. The highest BCUT2D eigenvalue weighted by Crippen LogP contribution is 2.35. The zero-order valence-electron chi connectivity index (χ0n) is 12.0. The molecule has 2 unspecified atom stereocenters. The molecule has 1 fully saturated rings. The lowest BCUT2D eigenvalue weighted by molar-refractivity contribution is 0.214. The molecule has 0 saturated carbocycles. The van der Waals surface area contributed by atoms with E-state index in [-0.39, 0.29) is 12.1 Å². The van der Waals surface area contributed by atoms with Gasteiger partial charge in [0, 0.05) is 18.6 Å². The Morgan fingerprint density at radius 1 is 1.50 bits per heavy atom. The molecule has 20 heavy (non-hydrogen) atoms. The second-order valence-electron chi connectivity index (χ2n) is 5.28. The van der Waals surface area contributed by atoms with Crippen molar-refractivity contribution in [1.82, 2.24) is 9.62 Å². The Morgan fingerprint density at radius 3 is 2.75 bits per heavy atom. The van der Waals surface area contributed by atoms with Crippen molar-refractivity contribution in [2.45, 2.75) is 49.4 Å². The van der Waals surface area contributed by atoms with Crippen LogP contribution in [0.15, 0.2) is 14.1 Å². The maximum atomic E-state index is 12.9. The first kappa shape index (κ1) is 16.4. The highest BCUT2D eigenvalue weighted by atomic mass is 79.9. The van der Waals surface area contributed by atoms with Crippen LogP contribution < -0.4 is 5.32 Å². The zero-order chi connectivity index (χ0) is 14.9. The summed E-state index contributed by atoms with van der Waals surface area (Å²) < 4.78 is 28.8. The number of halogens is 1. The van der Waals surface area contributed by atoms with Gasteiger partial charge in [0.2, 0.25) is 0 Å². The topological polar surface area (TPSA) is 49.4 Å². The van der Waals surface area contributed by atoms with Gasteiger partial charge in [-0.05, 0) is 61.3 Å². The number of thiophene rings is 1. The van der Waals surface area contributed by atoms with Gasteiger partial charge in [-0.15, -0.1) is 11.3 Å². The van der Waals surface area contributed by atoms with Crippen LogP contribution in [0.4, 0.5) is 0 Å². The Balaban J connectivity index is 2.35. The fourth-order valence-electron chi connectivity index (χ4n) is 2.60. The molecule has 1 N–H and O–H groups in total. The van der Waals surface area contributed by atoms with Crippen molar-refractivity contribution in [2.75, 3.05) is 13.6 Å². The van der Waals surface area contributed by atoms with Gasteiger partial charge in [-0.25, -0.2) is 8.42 Å². The molecule has 114 valence electrons. The summed E-state index contributed by atoms with van der Waals surface area (Å²) in [6.45, 7) is 4.59. The lowest BCUT2D eigenvalue weighted by Gasteiger charge is -2.37. The van der Waals surface area contributed by atoms with Crippen molar-refractivity contribution in [1.29, 1.82) is 0 Å². The molecule has 2 atom stereocenters. The Morgan fingerprint density at radius 2 is 2.20 bits per heavy atom. The van der Waals surface area contributed by atoms with E-state index < -0.39 is 10.0 Å². The van der Waals surface area contributed by atoms with E-state index in [1.165, 1.54) is 11.3 Å². The molecule has 1 saturated heterocycles. The second kappa shape index (κ2) is 6.44. The van der Waals surface area contributed by atoms with Gasteiger partial charge in [0.05, 0.1) is 3.79 Å². The number of likely N-dealkylation sites (N-methyl/N-ethyl adjacent to an activating group) is 1. The van der Waals surface area contributed by atoms with E-state index >= 15 is 0 Å². The quantitative estimate of drug-likeness (QED) is 0.873. The molecule has 2 rings (SSSR count). The zero-order valence-corrected chi connectivity index (χ0v) is 15.2. The monoisotopic (exact) mass is 380 g/mol. The molecule has 1 aliphatic rings. The molecular formula is C13H21BrN2O2S2. The maximum absolute atomic E-state index is 12.9. The lowest BCUT2D eigenvalue weighted by Crippen LogP contribution is -2.52. The van der Waals surface area contributed by atoms with Crippen molar-refractivity contribution in [3.8, 4) is 0 Å². The first-order valence-corrected chi connectivity index (χ1v) is 9.88. The first-order chi connectivity index (χ1) is 9.37. The molecule has 0 aliphatic carbocycles. The fourth-order valence-corrected chi connectivity index (χ4v) is 6.72. The molecule has 0 bridgehead atoms. The molecule has 1 aliphatic heterocycles. The second-order valence-corrected chi connectivity index (χ2v) is 9.77. The number of nitrogens with one attached hydrogen (secondary N) is 1. The number of hydrogen-bond acceptors (Lipinski definition) is 4. The Bertz CT molecular complexity index is 551. The average Bonchev–Trinajstić information content (AvgIpc) is 2.78. The predicted molar refractivity (Wildman–Crippen MR) is 86.8 cm³/mol. The van der Waals surface area contributed by atoms with Gasteiger partial charge in [-0.1, -0.05) is 6.42 Å². The van der Waals surface area contributed by atoms with Crippen molar-refractivity contribution >= 4 is 37.3 Å². The maximum Gasteiger partial charge on any atom is 0.252 e. The summed E-state index contributed by atoms with van der Waals surface area (Å²) in [5, 5.41) is 3.19. The molecule has 4 nitrogen and oxygen atoms in total. The van der Waals surface area contributed by atoms with Gasteiger partial charge in [0.25, 0.3) is 10.0 Å². The Kier molecular flexibility index (Phi) is 5.29. The summed E-state index contributed by atoms with van der Waals surface area (Å²) in [7, 11) is -1.50.